The van der Waals surface area contributed by atoms with Gasteiger partial charge in [-0.3, -0.25) is 4.79 Å². The minimum atomic E-state index is 0.233. The summed E-state index contributed by atoms with van der Waals surface area (Å²) in [6.07, 6.45) is 10.4. The third-order valence-corrected chi connectivity index (χ3v) is 4.64. The number of aryl methyl sites for hydroxylation is 1. The van der Waals surface area contributed by atoms with Gasteiger partial charge >= 0.3 is 0 Å². The van der Waals surface area contributed by atoms with E-state index in [4.69, 9.17) is 4.98 Å². The first kappa shape index (κ1) is 12.8. The van der Waals surface area contributed by atoms with Gasteiger partial charge in [-0.25, -0.2) is 9.97 Å². The van der Waals surface area contributed by atoms with E-state index in [1.807, 2.05) is 0 Å². The summed E-state index contributed by atoms with van der Waals surface area (Å²) in [5, 5.41) is 0. The minimum absolute atomic E-state index is 0.233. The highest BCUT2D eigenvalue weighted by atomic mass is 16.1. The molecule has 1 aromatic rings. The molecule has 1 aromatic heterocycles. The maximum atomic E-state index is 12.0. The smallest absolute Gasteiger partial charge is 0.166 e. The Morgan fingerprint density at radius 3 is 2.63 bits per heavy atom. The summed E-state index contributed by atoms with van der Waals surface area (Å²) in [6.45, 7) is 2.33. The summed E-state index contributed by atoms with van der Waals surface area (Å²) < 4.78 is 0. The van der Waals surface area contributed by atoms with Crippen LogP contribution in [0.15, 0.2) is 6.20 Å². The van der Waals surface area contributed by atoms with Crippen molar-refractivity contribution in [2.75, 3.05) is 0 Å². The molecule has 19 heavy (non-hydrogen) atoms. The lowest BCUT2D eigenvalue weighted by Crippen LogP contribution is -2.15. The highest BCUT2D eigenvalue weighted by Gasteiger charge is 2.24. The van der Waals surface area contributed by atoms with E-state index in [2.05, 4.69) is 11.9 Å². The van der Waals surface area contributed by atoms with Gasteiger partial charge in [0.2, 0.25) is 0 Å². The molecule has 0 spiro atoms. The number of rotatable bonds is 1. The maximum Gasteiger partial charge on any atom is 0.166 e. The molecule has 0 aliphatic heterocycles. The molecule has 0 aromatic carbocycles. The molecule has 1 saturated carbocycles. The second-order valence-corrected chi connectivity index (χ2v) is 6.18. The second-order valence-electron chi connectivity index (χ2n) is 6.18. The van der Waals surface area contributed by atoms with Crippen LogP contribution in [-0.2, 0) is 6.42 Å². The SMILES string of the molecule is CC1CCC(c2ncc3c(n2)CCCCC3=O)CC1. The quantitative estimate of drug-likeness (QED) is 0.722. The van der Waals surface area contributed by atoms with E-state index in [0.717, 1.165) is 42.3 Å². The van der Waals surface area contributed by atoms with Crippen LogP contribution in [0.25, 0.3) is 0 Å². The van der Waals surface area contributed by atoms with Gasteiger partial charge in [-0.15, -0.1) is 0 Å². The summed E-state index contributed by atoms with van der Waals surface area (Å²) >= 11 is 0. The Balaban J connectivity index is 1.84. The molecule has 0 radical (unpaired) electrons. The predicted octanol–water partition coefficient (Wildman–Crippen LogP) is 3.68. The second kappa shape index (κ2) is 5.40. The molecule has 3 nitrogen and oxygen atoms in total. The fourth-order valence-electron chi connectivity index (χ4n) is 3.28. The summed E-state index contributed by atoms with van der Waals surface area (Å²) in [6, 6.07) is 0. The van der Waals surface area contributed by atoms with Crippen molar-refractivity contribution in [1.82, 2.24) is 9.97 Å². The molecule has 0 N–H and O–H groups in total. The average molecular weight is 258 g/mol. The topological polar surface area (TPSA) is 42.9 Å². The van der Waals surface area contributed by atoms with Gasteiger partial charge in [-0.2, -0.15) is 0 Å². The Morgan fingerprint density at radius 2 is 1.84 bits per heavy atom. The van der Waals surface area contributed by atoms with Crippen LogP contribution in [0, 0.1) is 5.92 Å². The van der Waals surface area contributed by atoms with Crippen LogP contribution < -0.4 is 0 Å². The number of ketones is 1. The summed E-state index contributed by atoms with van der Waals surface area (Å²) in [7, 11) is 0. The van der Waals surface area contributed by atoms with Crippen molar-refractivity contribution in [1.29, 1.82) is 0 Å². The Bertz CT molecular complexity index is 476. The third kappa shape index (κ3) is 2.70. The van der Waals surface area contributed by atoms with Crippen LogP contribution in [0.3, 0.4) is 0 Å². The molecule has 0 atom stereocenters. The van der Waals surface area contributed by atoms with E-state index in [-0.39, 0.29) is 5.78 Å². The number of hydrogen-bond acceptors (Lipinski definition) is 3. The van der Waals surface area contributed by atoms with Gasteiger partial charge in [-0.1, -0.05) is 19.8 Å². The monoisotopic (exact) mass is 258 g/mol. The minimum Gasteiger partial charge on any atom is -0.294 e. The van der Waals surface area contributed by atoms with Gasteiger partial charge in [-0.05, 0) is 38.0 Å². The molecule has 102 valence electrons. The molecule has 0 bridgehead atoms. The summed E-state index contributed by atoms with van der Waals surface area (Å²) in [5.41, 5.74) is 1.79. The Labute approximate surface area is 114 Å². The molecular weight excluding hydrogens is 236 g/mol. The number of hydrogen-bond donors (Lipinski definition) is 0. The number of nitrogens with zero attached hydrogens (tertiary/aromatic N) is 2. The first-order valence-electron chi connectivity index (χ1n) is 7.63. The largest absolute Gasteiger partial charge is 0.294 e. The molecule has 0 amide bonds. The lowest BCUT2D eigenvalue weighted by atomic mass is 9.82. The molecule has 1 heterocycles. The third-order valence-electron chi connectivity index (χ3n) is 4.64. The molecule has 2 aliphatic carbocycles. The standard InChI is InChI=1S/C16H22N2O/c1-11-6-8-12(9-7-11)16-17-10-13-14(18-16)4-2-3-5-15(13)19/h10-12H,2-9H2,1H3. The van der Waals surface area contributed by atoms with Gasteiger partial charge in [0.25, 0.3) is 0 Å². The van der Waals surface area contributed by atoms with Gasteiger partial charge < -0.3 is 0 Å². The molecule has 2 aliphatic rings. The van der Waals surface area contributed by atoms with E-state index >= 15 is 0 Å². The maximum absolute atomic E-state index is 12.0. The molecule has 1 fully saturated rings. The predicted molar refractivity (Wildman–Crippen MR) is 74.3 cm³/mol. The van der Waals surface area contributed by atoms with Gasteiger partial charge in [0.05, 0.1) is 11.3 Å². The molecule has 0 saturated heterocycles. The van der Waals surface area contributed by atoms with Crippen LogP contribution in [0.1, 0.15) is 79.7 Å². The molecule has 3 heteroatoms. The van der Waals surface area contributed by atoms with Crippen LogP contribution in [0.4, 0.5) is 0 Å². The van der Waals surface area contributed by atoms with E-state index in [1.165, 1.54) is 25.7 Å². The zero-order valence-electron chi connectivity index (χ0n) is 11.7. The Morgan fingerprint density at radius 1 is 1.11 bits per heavy atom. The first-order chi connectivity index (χ1) is 9.24. The van der Waals surface area contributed by atoms with Crippen LogP contribution in [0.2, 0.25) is 0 Å². The number of fused-ring (bicyclic) bond motifs is 1. The van der Waals surface area contributed by atoms with Crippen molar-refractivity contribution < 1.29 is 4.79 Å². The van der Waals surface area contributed by atoms with Crippen molar-refractivity contribution >= 4 is 5.78 Å². The zero-order valence-corrected chi connectivity index (χ0v) is 11.7. The Hall–Kier alpha value is -1.25. The number of carbonyl (C=O) groups excluding carboxylic acids is 1. The number of Topliss-reactive ketones (excluding diaryl/α,β-unsaturated/α-hetero) is 1. The van der Waals surface area contributed by atoms with E-state index in [1.54, 1.807) is 6.20 Å². The van der Waals surface area contributed by atoms with Crippen molar-refractivity contribution in [3.63, 3.8) is 0 Å². The molecular formula is C16H22N2O. The molecule has 3 rings (SSSR count). The van der Waals surface area contributed by atoms with Crippen LogP contribution in [0.5, 0.6) is 0 Å². The van der Waals surface area contributed by atoms with Gasteiger partial charge in [0, 0.05) is 18.5 Å². The summed E-state index contributed by atoms with van der Waals surface area (Å²) in [5.74, 6) is 2.58. The van der Waals surface area contributed by atoms with Crippen LogP contribution in [-0.4, -0.2) is 15.8 Å². The average Bonchev–Trinajstić information content (AvgIpc) is 2.61. The van der Waals surface area contributed by atoms with Crippen molar-refractivity contribution in [2.24, 2.45) is 5.92 Å². The van der Waals surface area contributed by atoms with Crippen molar-refractivity contribution in [2.45, 2.75) is 64.2 Å². The fraction of sp³-hybridized carbons (Fsp3) is 0.688. The molecule has 0 unspecified atom stereocenters. The van der Waals surface area contributed by atoms with Gasteiger partial charge in [0.1, 0.15) is 5.82 Å². The number of carbonyl (C=O) groups is 1. The van der Waals surface area contributed by atoms with E-state index in [0.29, 0.717) is 12.3 Å². The summed E-state index contributed by atoms with van der Waals surface area (Å²) in [4.78, 5) is 21.2. The highest BCUT2D eigenvalue weighted by Crippen LogP contribution is 2.34. The lowest BCUT2D eigenvalue weighted by Gasteiger charge is -2.25. The number of aromatic nitrogens is 2. The fourth-order valence-corrected chi connectivity index (χ4v) is 3.28. The van der Waals surface area contributed by atoms with E-state index < -0.39 is 0 Å². The van der Waals surface area contributed by atoms with Gasteiger partial charge in [0.15, 0.2) is 5.78 Å². The Kier molecular flexibility index (Phi) is 3.63. The van der Waals surface area contributed by atoms with E-state index in [9.17, 15) is 4.79 Å². The van der Waals surface area contributed by atoms with Crippen molar-refractivity contribution in [3.8, 4) is 0 Å². The first-order valence-corrected chi connectivity index (χ1v) is 7.63. The van der Waals surface area contributed by atoms with Crippen LogP contribution >= 0.6 is 0 Å². The lowest BCUT2D eigenvalue weighted by molar-refractivity contribution is 0.0981. The van der Waals surface area contributed by atoms with Crippen molar-refractivity contribution in [3.05, 3.63) is 23.3 Å². The zero-order chi connectivity index (χ0) is 13.2. The normalized spacial score (nSPS) is 27.7. The highest BCUT2D eigenvalue weighted by molar-refractivity contribution is 5.97.